The van der Waals surface area contributed by atoms with Gasteiger partial charge in [-0.05, 0) is 22.0 Å². The summed E-state index contributed by atoms with van der Waals surface area (Å²) in [6.07, 6.45) is 0. The van der Waals surface area contributed by atoms with Gasteiger partial charge >= 0.3 is 0 Å². The molecule has 4 nitrogen and oxygen atoms in total. The lowest BCUT2D eigenvalue weighted by Crippen LogP contribution is -1.98. The maximum absolute atomic E-state index is 13.3. The number of hydrogen-bond donors (Lipinski definition) is 2. The maximum Gasteiger partial charge on any atom is 0.139 e. The summed E-state index contributed by atoms with van der Waals surface area (Å²) in [5, 5.41) is 3.11. The second kappa shape index (κ2) is 6.00. The molecule has 2 rings (SSSR count). The molecule has 0 aliphatic heterocycles. The first kappa shape index (κ1) is 14.5. The lowest BCUT2D eigenvalue weighted by molar-refractivity contribution is 0.395. The second-order valence-corrected chi connectivity index (χ2v) is 4.93. The molecule has 0 bridgehead atoms. The molecule has 106 valence electrons. The molecule has 2 aromatic rings. The van der Waals surface area contributed by atoms with Gasteiger partial charge in [0.2, 0.25) is 0 Å². The molecular weight excluding hydrogens is 327 g/mol. The minimum absolute atomic E-state index is 0.312. The summed E-state index contributed by atoms with van der Waals surface area (Å²) in [6.45, 7) is 0. The molecule has 0 aromatic heterocycles. The lowest BCUT2D eigenvalue weighted by Gasteiger charge is -2.13. The largest absolute Gasteiger partial charge is 0.497 e. The van der Waals surface area contributed by atoms with E-state index in [4.69, 9.17) is 15.2 Å². The van der Waals surface area contributed by atoms with Crippen molar-refractivity contribution in [1.82, 2.24) is 0 Å². The fourth-order valence-electron chi connectivity index (χ4n) is 1.71. The number of nitrogen functional groups attached to an aromatic ring is 1. The minimum atomic E-state index is -0.406. The normalized spacial score (nSPS) is 10.2. The van der Waals surface area contributed by atoms with Gasteiger partial charge < -0.3 is 20.5 Å². The molecule has 0 fully saturated rings. The lowest BCUT2D eigenvalue weighted by atomic mass is 10.2. The van der Waals surface area contributed by atoms with Crippen LogP contribution in [0.2, 0.25) is 0 Å². The second-order valence-electron chi connectivity index (χ2n) is 4.08. The number of halogens is 2. The van der Waals surface area contributed by atoms with Gasteiger partial charge in [0.05, 0.1) is 30.1 Å². The Kier molecular flexibility index (Phi) is 4.34. The van der Waals surface area contributed by atoms with Crippen molar-refractivity contribution in [3.63, 3.8) is 0 Å². The highest BCUT2D eigenvalue weighted by Crippen LogP contribution is 2.32. The van der Waals surface area contributed by atoms with Gasteiger partial charge in [-0.1, -0.05) is 0 Å². The topological polar surface area (TPSA) is 56.5 Å². The Morgan fingerprint density at radius 1 is 1.05 bits per heavy atom. The van der Waals surface area contributed by atoms with Crippen molar-refractivity contribution in [1.29, 1.82) is 0 Å². The van der Waals surface area contributed by atoms with E-state index in [-0.39, 0.29) is 0 Å². The molecule has 0 saturated carbocycles. The van der Waals surface area contributed by atoms with E-state index in [1.54, 1.807) is 38.5 Å². The Labute approximate surface area is 124 Å². The van der Waals surface area contributed by atoms with Gasteiger partial charge in [0.15, 0.2) is 0 Å². The van der Waals surface area contributed by atoms with Crippen LogP contribution in [-0.2, 0) is 0 Å². The number of hydrogen-bond acceptors (Lipinski definition) is 4. The molecule has 0 unspecified atom stereocenters. The summed E-state index contributed by atoms with van der Waals surface area (Å²) in [5.74, 6) is 0.884. The highest BCUT2D eigenvalue weighted by molar-refractivity contribution is 9.10. The number of nitrogens with one attached hydrogen (secondary N) is 1. The van der Waals surface area contributed by atoms with Gasteiger partial charge in [-0.25, -0.2) is 4.39 Å². The van der Waals surface area contributed by atoms with E-state index in [1.807, 2.05) is 0 Å². The van der Waals surface area contributed by atoms with Crippen LogP contribution in [-0.4, -0.2) is 14.2 Å². The fourth-order valence-corrected chi connectivity index (χ4v) is 2.05. The van der Waals surface area contributed by atoms with Crippen LogP contribution in [0.15, 0.2) is 34.8 Å². The summed E-state index contributed by atoms with van der Waals surface area (Å²) in [5.41, 5.74) is 7.43. The standard InChI is InChI=1S/C14H14BrFN2O2/c1-19-9-3-8(4-10(5-9)20-2)18-14-6-11(15)12(16)7-13(14)17/h3-7,18H,17H2,1-2H3. The Balaban J connectivity index is 2.36. The first-order valence-corrected chi connectivity index (χ1v) is 6.57. The van der Waals surface area contributed by atoms with Crippen LogP contribution in [0.5, 0.6) is 11.5 Å². The predicted molar refractivity (Wildman–Crippen MR) is 81.3 cm³/mol. The molecule has 0 heterocycles. The number of ether oxygens (including phenoxy) is 2. The molecule has 6 heteroatoms. The molecule has 2 aromatic carbocycles. The SMILES string of the molecule is COc1cc(Nc2cc(Br)c(F)cc2N)cc(OC)c1. The average molecular weight is 341 g/mol. The Morgan fingerprint density at radius 2 is 1.65 bits per heavy atom. The third-order valence-corrected chi connectivity index (χ3v) is 3.33. The Morgan fingerprint density at radius 3 is 2.20 bits per heavy atom. The molecule has 0 radical (unpaired) electrons. The van der Waals surface area contributed by atoms with Crippen LogP contribution in [0.25, 0.3) is 0 Å². The molecule has 0 amide bonds. The summed E-state index contributed by atoms with van der Waals surface area (Å²) >= 11 is 3.13. The summed E-state index contributed by atoms with van der Waals surface area (Å²) in [7, 11) is 3.14. The van der Waals surface area contributed by atoms with Crippen molar-refractivity contribution in [2.45, 2.75) is 0 Å². The number of anilines is 3. The molecule has 0 spiro atoms. The molecule has 0 aliphatic rings. The molecular formula is C14H14BrFN2O2. The minimum Gasteiger partial charge on any atom is -0.497 e. The van der Waals surface area contributed by atoms with Crippen LogP contribution in [0.1, 0.15) is 0 Å². The quantitative estimate of drug-likeness (QED) is 0.828. The monoisotopic (exact) mass is 340 g/mol. The van der Waals surface area contributed by atoms with Crippen LogP contribution in [0.3, 0.4) is 0 Å². The van der Waals surface area contributed by atoms with Crippen molar-refractivity contribution in [3.05, 3.63) is 40.6 Å². The summed E-state index contributed by atoms with van der Waals surface area (Å²) < 4.78 is 24.1. The highest BCUT2D eigenvalue weighted by atomic mass is 79.9. The van der Waals surface area contributed by atoms with Gasteiger partial charge in [-0.15, -0.1) is 0 Å². The van der Waals surface area contributed by atoms with E-state index in [2.05, 4.69) is 21.2 Å². The average Bonchev–Trinajstić information content (AvgIpc) is 2.44. The van der Waals surface area contributed by atoms with Gasteiger partial charge in [-0.2, -0.15) is 0 Å². The molecule has 20 heavy (non-hydrogen) atoms. The van der Waals surface area contributed by atoms with E-state index in [1.165, 1.54) is 6.07 Å². The van der Waals surface area contributed by atoms with Crippen LogP contribution < -0.4 is 20.5 Å². The molecule has 0 atom stereocenters. The van der Waals surface area contributed by atoms with Gasteiger partial charge in [0, 0.05) is 30.0 Å². The van der Waals surface area contributed by atoms with Crippen molar-refractivity contribution >= 4 is 33.0 Å². The van der Waals surface area contributed by atoms with E-state index >= 15 is 0 Å². The third kappa shape index (κ3) is 3.14. The summed E-state index contributed by atoms with van der Waals surface area (Å²) in [4.78, 5) is 0. The van der Waals surface area contributed by atoms with Gasteiger partial charge in [0.25, 0.3) is 0 Å². The number of nitrogens with two attached hydrogens (primary N) is 1. The smallest absolute Gasteiger partial charge is 0.139 e. The van der Waals surface area contributed by atoms with Crippen molar-refractivity contribution < 1.29 is 13.9 Å². The van der Waals surface area contributed by atoms with Crippen molar-refractivity contribution in [2.75, 3.05) is 25.3 Å². The fraction of sp³-hybridized carbons (Fsp3) is 0.143. The van der Waals surface area contributed by atoms with Gasteiger partial charge in [-0.3, -0.25) is 0 Å². The van der Waals surface area contributed by atoms with Crippen molar-refractivity contribution in [3.8, 4) is 11.5 Å². The number of rotatable bonds is 4. The Hall–Kier alpha value is -1.95. The zero-order chi connectivity index (χ0) is 14.7. The van der Waals surface area contributed by atoms with Gasteiger partial charge in [0.1, 0.15) is 17.3 Å². The molecule has 3 N–H and O–H groups in total. The van der Waals surface area contributed by atoms with E-state index in [0.29, 0.717) is 27.3 Å². The van der Waals surface area contributed by atoms with Crippen molar-refractivity contribution in [2.24, 2.45) is 0 Å². The van der Waals surface area contributed by atoms with E-state index in [0.717, 1.165) is 5.69 Å². The summed E-state index contributed by atoms with van der Waals surface area (Å²) in [6, 6.07) is 8.17. The zero-order valence-electron chi connectivity index (χ0n) is 11.0. The van der Waals surface area contributed by atoms with Crippen LogP contribution in [0.4, 0.5) is 21.5 Å². The molecule has 0 aliphatic carbocycles. The first-order chi connectivity index (χ1) is 9.53. The Bertz CT molecular complexity index is 613. The van der Waals surface area contributed by atoms with Crippen LogP contribution >= 0.6 is 15.9 Å². The molecule has 0 saturated heterocycles. The maximum atomic E-state index is 13.3. The van der Waals surface area contributed by atoms with E-state index in [9.17, 15) is 4.39 Å². The van der Waals surface area contributed by atoms with E-state index < -0.39 is 5.82 Å². The number of methoxy groups -OCH3 is 2. The predicted octanol–water partition coefficient (Wildman–Crippen LogP) is 3.93. The highest BCUT2D eigenvalue weighted by Gasteiger charge is 2.08. The van der Waals surface area contributed by atoms with Crippen LogP contribution in [0, 0.1) is 5.82 Å². The number of benzene rings is 2. The zero-order valence-corrected chi connectivity index (χ0v) is 12.6. The first-order valence-electron chi connectivity index (χ1n) is 5.78. The third-order valence-electron chi connectivity index (χ3n) is 2.72.